The van der Waals surface area contributed by atoms with Crippen molar-refractivity contribution in [1.82, 2.24) is 10.3 Å². The highest BCUT2D eigenvalue weighted by Gasteiger charge is 2.39. The van der Waals surface area contributed by atoms with Crippen molar-refractivity contribution in [2.45, 2.75) is 45.4 Å². The Hall–Kier alpha value is -2.47. The molecule has 2 aliphatic rings. The first-order valence-corrected chi connectivity index (χ1v) is 10.1. The fourth-order valence-corrected chi connectivity index (χ4v) is 4.41. The van der Waals surface area contributed by atoms with Gasteiger partial charge in [-0.15, -0.1) is 0 Å². The van der Waals surface area contributed by atoms with Crippen LogP contribution in [0, 0.1) is 12.3 Å². The lowest BCUT2D eigenvalue weighted by molar-refractivity contribution is -0.132. The zero-order valence-electron chi connectivity index (χ0n) is 16.3. The first-order chi connectivity index (χ1) is 13.5. The number of fused-ring (bicyclic) bond motifs is 2. The highest BCUT2D eigenvalue weighted by Crippen LogP contribution is 2.32. The van der Waals surface area contributed by atoms with Crippen LogP contribution in [0.5, 0.6) is 0 Å². The number of hydrogen-bond acceptors (Lipinski definition) is 4. The van der Waals surface area contributed by atoms with Crippen molar-refractivity contribution in [1.29, 1.82) is 0 Å². The Morgan fingerprint density at radius 2 is 1.96 bits per heavy atom. The van der Waals surface area contributed by atoms with Crippen molar-refractivity contribution in [2.75, 3.05) is 19.8 Å². The lowest BCUT2D eigenvalue weighted by Gasteiger charge is -2.34. The minimum absolute atomic E-state index is 0.136. The van der Waals surface area contributed by atoms with E-state index in [1.54, 1.807) is 0 Å². The number of pyridine rings is 1. The van der Waals surface area contributed by atoms with Gasteiger partial charge in [-0.05, 0) is 63.1 Å². The molecular formula is C22H27N3O3. The highest BCUT2D eigenvalue weighted by atomic mass is 16.5. The number of nitrogens with two attached hydrogens (primary N) is 1. The molecule has 148 valence electrons. The van der Waals surface area contributed by atoms with Crippen LogP contribution in [-0.4, -0.2) is 36.6 Å². The molecule has 28 heavy (non-hydrogen) atoms. The van der Waals surface area contributed by atoms with Crippen LogP contribution < -0.4 is 11.1 Å². The van der Waals surface area contributed by atoms with Crippen LogP contribution in [0.1, 0.15) is 52.9 Å². The topological polar surface area (TPSA) is 94.3 Å². The summed E-state index contributed by atoms with van der Waals surface area (Å²) in [5, 5.41) is 3.92. The molecule has 2 heterocycles. The summed E-state index contributed by atoms with van der Waals surface area (Å²) < 4.78 is 5.38. The minimum atomic E-state index is -0.729. The summed E-state index contributed by atoms with van der Waals surface area (Å²) >= 11 is 0. The van der Waals surface area contributed by atoms with E-state index in [-0.39, 0.29) is 18.4 Å². The van der Waals surface area contributed by atoms with E-state index in [4.69, 9.17) is 15.5 Å². The molecule has 4 rings (SSSR count). The van der Waals surface area contributed by atoms with Gasteiger partial charge in [0.1, 0.15) is 0 Å². The molecule has 2 amide bonds. The Bertz CT molecular complexity index is 932. The van der Waals surface area contributed by atoms with Gasteiger partial charge < -0.3 is 15.8 Å². The molecule has 1 fully saturated rings. The van der Waals surface area contributed by atoms with Gasteiger partial charge in [0.05, 0.1) is 16.5 Å². The maximum absolute atomic E-state index is 13.3. The molecule has 1 aromatic heterocycles. The minimum Gasteiger partial charge on any atom is -0.381 e. The molecule has 6 nitrogen and oxygen atoms in total. The number of benzene rings is 1. The normalized spacial score (nSPS) is 18.5. The van der Waals surface area contributed by atoms with Crippen LogP contribution in [-0.2, 0) is 22.4 Å². The van der Waals surface area contributed by atoms with E-state index in [1.165, 1.54) is 0 Å². The van der Waals surface area contributed by atoms with E-state index in [2.05, 4.69) is 5.32 Å². The summed E-state index contributed by atoms with van der Waals surface area (Å²) in [4.78, 5) is 30.3. The van der Waals surface area contributed by atoms with Crippen molar-refractivity contribution >= 4 is 22.7 Å². The molecule has 3 N–H and O–H groups in total. The third kappa shape index (κ3) is 3.37. The summed E-state index contributed by atoms with van der Waals surface area (Å²) in [5.41, 5.74) is 9.72. The van der Waals surface area contributed by atoms with Crippen molar-refractivity contribution in [3.63, 3.8) is 0 Å². The summed E-state index contributed by atoms with van der Waals surface area (Å²) in [6.07, 6.45) is 5.01. The van der Waals surface area contributed by atoms with Crippen molar-refractivity contribution in [2.24, 2.45) is 11.1 Å². The number of carbonyl (C=O) groups is 2. The standard InChI is InChI=1S/C22H27N3O3/c1-14-6-7-18-16(12-14)19(15-4-2-3-5-17(15)25-18)20(26)24-13-22(21(23)27)8-10-28-11-9-22/h6-7,12H,2-5,8-11,13H2,1H3,(H2,23,27)(H,24,26). The summed E-state index contributed by atoms with van der Waals surface area (Å²) in [6.45, 7) is 3.25. The third-order valence-electron chi connectivity index (χ3n) is 6.20. The van der Waals surface area contributed by atoms with Crippen LogP contribution >= 0.6 is 0 Å². The number of nitrogens with zero attached hydrogens (tertiary/aromatic N) is 1. The SMILES string of the molecule is Cc1ccc2nc3c(c(C(=O)NCC4(C(N)=O)CCOCC4)c2c1)CCCC3. The molecule has 2 aromatic rings. The van der Waals surface area contributed by atoms with Gasteiger partial charge in [-0.25, -0.2) is 0 Å². The van der Waals surface area contributed by atoms with E-state index in [0.29, 0.717) is 26.1 Å². The van der Waals surface area contributed by atoms with Crippen molar-refractivity contribution in [3.8, 4) is 0 Å². The maximum atomic E-state index is 13.3. The van der Waals surface area contributed by atoms with Gasteiger partial charge >= 0.3 is 0 Å². The number of rotatable bonds is 4. The van der Waals surface area contributed by atoms with Crippen LogP contribution in [0.25, 0.3) is 10.9 Å². The van der Waals surface area contributed by atoms with Gasteiger partial charge in [0.15, 0.2) is 0 Å². The molecule has 0 radical (unpaired) electrons. The summed E-state index contributed by atoms with van der Waals surface area (Å²) in [7, 11) is 0. The number of aromatic nitrogens is 1. The predicted molar refractivity (Wildman–Crippen MR) is 107 cm³/mol. The van der Waals surface area contributed by atoms with Crippen LogP contribution in [0.15, 0.2) is 18.2 Å². The quantitative estimate of drug-likeness (QED) is 0.850. The first-order valence-electron chi connectivity index (χ1n) is 10.1. The average Bonchev–Trinajstić information content (AvgIpc) is 2.71. The van der Waals surface area contributed by atoms with Gasteiger partial charge in [-0.1, -0.05) is 11.6 Å². The van der Waals surface area contributed by atoms with Gasteiger partial charge in [0.2, 0.25) is 5.91 Å². The van der Waals surface area contributed by atoms with Gasteiger partial charge in [-0.2, -0.15) is 0 Å². The van der Waals surface area contributed by atoms with Crippen molar-refractivity contribution in [3.05, 3.63) is 40.6 Å². The summed E-state index contributed by atoms with van der Waals surface area (Å²) in [5.74, 6) is -0.503. The molecular weight excluding hydrogens is 354 g/mol. The van der Waals surface area contributed by atoms with Crippen molar-refractivity contribution < 1.29 is 14.3 Å². The van der Waals surface area contributed by atoms with Gasteiger partial charge in [-0.3, -0.25) is 14.6 Å². The molecule has 1 aliphatic heterocycles. The predicted octanol–water partition coefficient (Wildman–Crippen LogP) is 2.43. The average molecular weight is 381 g/mol. The lowest BCUT2D eigenvalue weighted by Crippen LogP contribution is -2.49. The number of aryl methyl sites for hydroxylation is 2. The number of carbonyl (C=O) groups excluding carboxylic acids is 2. The Balaban J connectivity index is 1.70. The molecule has 0 saturated carbocycles. The molecule has 0 unspecified atom stereocenters. The van der Waals surface area contributed by atoms with Crippen LogP contribution in [0.3, 0.4) is 0 Å². The number of hydrogen-bond donors (Lipinski definition) is 2. The fourth-order valence-electron chi connectivity index (χ4n) is 4.41. The van der Waals surface area contributed by atoms with E-state index in [0.717, 1.165) is 59.0 Å². The Morgan fingerprint density at radius 1 is 1.21 bits per heavy atom. The smallest absolute Gasteiger partial charge is 0.252 e. The van der Waals surface area contributed by atoms with E-state index in [9.17, 15) is 9.59 Å². The maximum Gasteiger partial charge on any atom is 0.252 e. The zero-order chi connectivity index (χ0) is 19.7. The number of ether oxygens (including phenoxy) is 1. The number of amides is 2. The molecule has 1 saturated heterocycles. The highest BCUT2D eigenvalue weighted by molar-refractivity contribution is 6.08. The van der Waals surface area contributed by atoms with E-state index < -0.39 is 5.41 Å². The molecule has 1 aromatic carbocycles. The monoisotopic (exact) mass is 381 g/mol. The molecule has 0 spiro atoms. The fraction of sp³-hybridized carbons (Fsp3) is 0.500. The molecule has 0 atom stereocenters. The van der Waals surface area contributed by atoms with E-state index in [1.807, 2.05) is 25.1 Å². The molecule has 1 aliphatic carbocycles. The van der Waals surface area contributed by atoms with Crippen LogP contribution in [0.2, 0.25) is 0 Å². The number of nitrogens with one attached hydrogen (secondary N) is 1. The van der Waals surface area contributed by atoms with E-state index >= 15 is 0 Å². The largest absolute Gasteiger partial charge is 0.381 e. The van der Waals surface area contributed by atoms with Gasteiger partial charge in [0, 0.05) is 30.8 Å². The first kappa shape index (κ1) is 18.9. The van der Waals surface area contributed by atoms with Gasteiger partial charge in [0.25, 0.3) is 5.91 Å². The lowest BCUT2D eigenvalue weighted by atomic mass is 9.79. The Labute approximate surface area is 164 Å². The second kappa shape index (κ2) is 7.51. The van der Waals surface area contributed by atoms with Crippen LogP contribution in [0.4, 0.5) is 0 Å². The Kier molecular flexibility index (Phi) is 5.06. The third-order valence-corrected chi connectivity index (χ3v) is 6.20. The summed E-state index contributed by atoms with van der Waals surface area (Å²) in [6, 6.07) is 6.04. The zero-order valence-corrected chi connectivity index (χ0v) is 16.3. The second-order valence-corrected chi connectivity index (χ2v) is 8.08. The molecule has 0 bridgehead atoms. The number of primary amides is 1. The second-order valence-electron chi connectivity index (χ2n) is 8.08. The molecule has 6 heteroatoms. The Morgan fingerprint density at radius 3 is 2.71 bits per heavy atom.